The van der Waals surface area contributed by atoms with Gasteiger partial charge in [0.15, 0.2) is 0 Å². The number of nitrogens with zero attached hydrogens (tertiary/aromatic N) is 2. The number of rotatable bonds is 5. The molecule has 0 atom stereocenters. The van der Waals surface area contributed by atoms with Crippen LogP contribution in [0.25, 0.3) is 5.70 Å². The molecule has 0 bridgehead atoms. The number of halogens is 1. The molecule has 166 valence electrons. The summed E-state index contributed by atoms with van der Waals surface area (Å²) < 4.78 is 18.8. The van der Waals surface area contributed by atoms with Gasteiger partial charge in [-0.1, -0.05) is 30.0 Å². The van der Waals surface area contributed by atoms with E-state index < -0.39 is 0 Å². The molecule has 32 heavy (non-hydrogen) atoms. The van der Waals surface area contributed by atoms with Crippen LogP contribution >= 0.6 is 0 Å². The summed E-state index contributed by atoms with van der Waals surface area (Å²) in [5.41, 5.74) is 8.53. The summed E-state index contributed by atoms with van der Waals surface area (Å²) in [7, 11) is 0. The first-order valence-corrected chi connectivity index (χ1v) is 10.5. The van der Waals surface area contributed by atoms with Crippen LogP contribution in [0.3, 0.4) is 0 Å². The molecule has 0 radical (unpaired) electrons. The molecule has 0 saturated carbocycles. The van der Waals surface area contributed by atoms with Gasteiger partial charge >= 0.3 is 0 Å². The fraction of sp³-hybridized carbons (Fsp3) is 0.280. The molecular weight excluding hydrogens is 407 g/mol. The van der Waals surface area contributed by atoms with Gasteiger partial charge in [0.1, 0.15) is 11.7 Å². The number of morpholine rings is 1. The molecule has 1 aliphatic heterocycles. The van der Waals surface area contributed by atoms with E-state index in [-0.39, 0.29) is 11.7 Å². The molecule has 2 aromatic carbocycles. The summed E-state index contributed by atoms with van der Waals surface area (Å²) in [6.45, 7) is 5.69. The minimum atomic E-state index is -0.361. The molecule has 1 amide bonds. The lowest BCUT2D eigenvalue weighted by Crippen LogP contribution is -2.38. The molecule has 1 saturated heterocycles. The van der Waals surface area contributed by atoms with Crippen molar-refractivity contribution >= 4 is 17.4 Å². The molecule has 0 aromatic heterocycles. The van der Waals surface area contributed by atoms with Crippen LogP contribution in [0.15, 0.2) is 65.2 Å². The summed E-state index contributed by atoms with van der Waals surface area (Å²) in [6, 6.07) is 15.3. The van der Waals surface area contributed by atoms with Crippen molar-refractivity contribution in [2.45, 2.75) is 6.92 Å². The standard InChI is InChI=1S/C25H27FN4O2/c1-19(31)29-25(28-13-14-30-15-17-32-18-16-30)23(12-7-20-5-3-2-4-6-20)24(27)21-8-10-22(26)11-9-21/h2-6,8-11H,13-18,27H2,1H3,(H,28,29,31). The molecular formula is C25H27FN4O2. The zero-order valence-electron chi connectivity index (χ0n) is 18.1. The van der Waals surface area contributed by atoms with Crippen molar-refractivity contribution in [1.29, 1.82) is 0 Å². The number of hydrogen-bond acceptors (Lipinski definition) is 5. The highest BCUT2D eigenvalue weighted by molar-refractivity contribution is 6.14. The molecule has 2 aromatic rings. The highest BCUT2D eigenvalue weighted by Crippen LogP contribution is 2.15. The Bertz CT molecular complexity index is 1030. The Hall–Kier alpha value is -3.47. The maximum atomic E-state index is 13.4. The summed E-state index contributed by atoms with van der Waals surface area (Å²) >= 11 is 0. The van der Waals surface area contributed by atoms with Gasteiger partial charge in [0.25, 0.3) is 0 Å². The maximum Gasteiger partial charge on any atom is 0.222 e. The zero-order chi connectivity index (χ0) is 22.8. The Morgan fingerprint density at radius 3 is 2.50 bits per heavy atom. The van der Waals surface area contributed by atoms with Crippen molar-refractivity contribution in [1.82, 2.24) is 10.2 Å². The molecule has 6 nitrogen and oxygen atoms in total. The van der Waals surface area contributed by atoms with Crippen molar-refractivity contribution < 1.29 is 13.9 Å². The number of amidine groups is 1. The predicted octanol–water partition coefficient (Wildman–Crippen LogP) is 2.41. The molecule has 3 N–H and O–H groups in total. The van der Waals surface area contributed by atoms with Gasteiger partial charge in [0.2, 0.25) is 5.91 Å². The second kappa shape index (κ2) is 11.8. The van der Waals surface area contributed by atoms with Crippen LogP contribution in [0.1, 0.15) is 18.1 Å². The average molecular weight is 435 g/mol. The van der Waals surface area contributed by atoms with Gasteiger partial charge in [-0.15, -0.1) is 0 Å². The van der Waals surface area contributed by atoms with Gasteiger partial charge in [-0.2, -0.15) is 0 Å². The van der Waals surface area contributed by atoms with E-state index in [1.54, 1.807) is 12.1 Å². The Morgan fingerprint density at radius 2 is 1.84 bits per heavy atom. The van der Waals surface area contributed by atoms with E-state index in [1.165, 1.54) is 19.1 Å². The Kier molecular flexibility index (Phi) is 8.55. The summed E-state index contributed by atoms with van der Waals surface area (Å²) in [5.74, 6) is 5.82. The van der Waals surface area contributed by atoms with Crippen LogP contribution < -0.4 is 11.1 Å². The van der Waals surface area contributed by atoms with Crippen molar-refractivity contribution in [2.75, 3.05) is 39.4 Å². The second-order valence-corrected chi connectivity index (χ2v) is 7.28. The third-order valence-electron chi connectivity index (χ3n) is 4.85. The number of benzene rings is 2. The summed E-state index contributed by atoms with van der Waals surface area (Å²) in [5, 5.41) is 2.77. The molecule has 0 spiro atoms. The summed E-state index contributed by atoms with van der Waals surface area (Å²) in [6.07, 6.45) is 0. The Morgan fingerprint density at radius 1 is 1.16 bits per heavy atom. The minimum Gasteiger partial charge on any atom is -0.397 e. The molecule has 7 heteroatoms. The smallest absolute Gasteiger partial charge is 0.222 e. The van der Waals surface area contributed by atoms with Gasteiger partial charge in [-0.05, 0) is 42.0 Å². The molecule has 0 unspecified atom stereocenters. The Balaban J connectivity index is 1.97. The lowest BCUT2D eigenvalue weighted by atomic mass is 10.1. The monoisotopic (exact) mass is 434 g/mol. The fourth-order valence-corrected chi connectivity index (χ4v) is 3.16. The summed E-state index contributed by atoms with van der Waals surface area (Å²) in [4.78, 5) is 18.8. The van der Waals surface area contributed by atoms with Crippen LogP contribution in [0.5, 0.6) is 0 Å². The lowest BCUT2D eigenvalue weighted by Gasteiger charge is -2.25. The van der Waals surface area contributed by atoms with Gasteiger partial charge in [0.05, 0.1) is 31.0 Å². The van der Waals surface area contributed by atoms with Crippen molar-refractivity contribution in [3.8, 4) is 11.8 Å². The normalized spacial score (nSPS) is 15.4. The van der Waals surface area contributed by atoms with Crippen molar-refractivity contribution in [3.63, 3.8) is 0 Å². The van der Waals surface area contributed by atoms with Crippen LogP contribution in [0.4, 0.5) is 4.39 Å². The second-order valence-electron chi connectivity index (χ2n) is 7.28. The maximum absolute atomic E-state index is 13.4. The average Bonchev–Trinajstić information content (AvgIpc) is 2.80. The third-order valence-corrected chi connectivity index (χ3v) is 4.85. The zero-order valence-corrected chi connectivity index (χ0v) is 18.1. The quantitative estimate of drug-likeness (QED) is 0.430. The van der Waals surface area contributed by atoms with E-state index in [9.17, 15) is 9.18 Å². The van der Waals surface area contributed by atoms with Gasteiger partial charge < -0.3 is 15.8 Å². The first-order chi connectivity index (χ1) is 15.5. The third kappa shape index (κ3) is 7.05. The predicted molar refractivity (Wildman–Crippen MR) is 124 cm³/mol. The SMILES string of the molecule is CC(=O)NC(=NCCN1CCOCC1)C(C#Cc1ccccc1)=C(N)c1ccc(F)cc1. The van der Waals surface area contributed by atoms with Crippen molar-refractivity contribution in [3.05, 3.63) is 77.1 Å². The number of carbonyl (C=O) groups excluding carboxylic acids is 1. The highest BCUT2D eigenvalue weighted by Gasteiger charge is 2.14. The number of nitrogens with one attached hydrogen (secondary N) is 1. The van der Waals surface area contributed by atoms with Gasteiger partial charge in [-0.3, -0.25) is 14.7 Å². The van der Waals surface area contributed by atoms with E-state index >= 15 is 0 Å². The molecule has 0 aliphatic carbocycles. The molecule has 1 fully saturated rings. The molecule has 3 rings (SSSR count). The highest BCUT2D eigenvalue weighted by atomic mass is 19.1. The van der Waals surface area contributed by atoms with Gasteiger partial charge in [-0.25, -0.2) is 4.39 Å². The van der Waals surface area contributed by atoms with E-state index in [0.29, 0.717) is 42.4 Å². The van der Waals surface area contributed by atoms with E-state index in [4.69, 9.17) is 10.5 Å². The molecule has 1 aliphatic rings. The first-order valence-electron chi connectivity index (χ1n) is 10.5. The number of nitrogens with two attached hydrogens (primary N) is 1. The first kappa shape index (κ1) is 23.2. The Labute approximate surface area is 188 Å². The number of aliphatic imine (C=N–C) groups is 1. The number of ether oxygens (including phenoxy) is 1. The van der Waals surface area contributed by atoms with Crippen molar-refractivity contribution in [2.24, 2.45) is 10.7 Å². The number of amides is 1. The largest absolute Gasteiger partial charge is 0.397 e. The number of hydrogen-bond donors (Lipinski definition) is 2. The van der Waals surface area contributed by atoms with Crippen LogP contribution in [0.2, 0.25) is 0 Å². The van der Waals surface area contributed by atoms with Crippen LogP contribution in [-0.4, -0.2) is 56.0 Å². The topological polar surface area (TPSA) is 80.0 Å². The minimum absolute atomic E-state index is 0.277. The van der Waals surface area contributed by atoms with E-state index in [1.807, 2.05) is 30.3 Å². The number of carbonyl (C=O) groups is 1. The fourth-order valence-electron chi connectivity index (χ4n) is 3.16. The molecule has 1 heterocycles. The van der Waals surface area contributed by atoms with E-state index in [0.717, 1.165) is 25.2 Å². The van der Waals surface area contributed by atoms with E-state index in [2.05, 4.69) is 27.0 Å². The van der Waals surface area contributed by atoms with Crippen LogP contribution in [-0.2, 0) is 9.53 Å². The lowest BCUT2D eigenvalue weighted by molar-refractivity contribution is -0.117. The van der Waals surface area contributed by atoms with Gasteiger partial charge in [0, 0.05) is 32.1 Å². The van der Waals surface area contributed by atoms with Crippen LogP contribution in [0, 0.1) is 17.7 Å².